The fourth-order valence-electron chi connectivity index (χ4n) is 2.52. The number of amides is 1. The number of thioether (sulfide) groups is 1. The Hall–Kier alpha value is -1.53. The third-order valence-electron chi connectivity index (χ3n) is 3.85. The summed E-state index contributed by atoms with van der Waals surface area (Å²) < 4.78 is 0. The lowest BCUT2D eigenvalue weighted by molar-refractivity contribution is -0.139. The Morgan fingerprint density at radius 2 is 1.81 bits per heavy atom. The highest BCUT2D eigenvalue weighted by Gasteiger charge is 2.30. The number of aliphatic carboxylic acids is 1. The first kappa shape index (κ1) is 22.5. The van der Waals surface area contributed by atoms with E-state index in [1.165, 1.54) is 11.8 Å². The van der Waals surface area contributed by atoms with Gasteiger partial charge in [-0.25, -0.2) is 4.79 Å². The molecule has 0 unspecified atom stereocenters. The summed E-state index contributed by atoms with van der Waals surface area (Å²) in [5.41, 5.74) is 1.71. The van der Waals surface area contributed by atoms with E-state index in [1.54, 1.807) is 26.0 Å². The summed E-state index contributed by atoms with van der Waals surface area (Å²) in [4.78, 5) is 37.7. The summed E-state index contributed by atoms with van der Waals surface area (Å²) in [6.45, 7) is 10.8. The molecule has 0 fully saturated rings. The maximum Gasteiger partial charge on any atom is 0.326 e. The number of anilines is 1. The standard InChI is InChI=1S/C19H26ClNO4S/c1-11-7-8-14(20)12(2)17(11)21(13(3)18(24)25)15(22)10-26-16(23)9-19(4,5)6/h7-8,13H,9-10H2,1-6H3,(H,24,25)/t13-/m0/s1. The molecular formula is C19H26ClNO4S. The molecule has 5 nitrogen and oxygen atoms in total. The maximum absolute atomic E-state index is 12.8. The van der Waals surface area contributed by atoms with Gasteiger partial charge in [0.15, 0.2) is 5.12 Å². The minimum absolute atomic E-state index is 0.0895. The van der Waals surface area contributed by atoms with Gasteiger partial charge in [0.2, 0.25) is 5.91 Å². The Bertz CT molecular complexity index is 712. The van der Waals surface area contributed by atoms with E-state index in [4.69, 9.17) is 11.6 Å². The first-order chi connectivity index (χ1) is 11.8. The van der Waals surface area contributed by atoms with Crippen LogP contribution in [-0.2, 0) is 14.4 Å². The van der Waals surface area contributed by atoms with Crippen molar-refractivity contribution in [2.45, 2.75) is 54.0 Å². The van der Waals surface area contributed by atoms with E-state index in [-0.39, 0.29) is 16.3 Å². The predicted octanol–water partition coefficient (Wildman–Crippen LogP) is 4.46. The van der Waals surface area contributed by atoms with E-state index >= 15 is 0 Å². The van der Waals surface area contributed by atoms with Crippen molar-refractivity contribution < 1.29 is 19.5 Å². The third kappa shape index (κ3) is 6.02. The number of aryl methyl sites for hydroxylation is 1. The van der Waals surface area contributed by atoms with Gasteiger partial charge in [0.25, 0.3) is 0 Å². The van der Waals surface area contributed by atoms with Crippen molar-refractivity contribution in [3.63, 3.8) is 0 Å². The predicted molar refractivity (Wildman–Crippen MR) is 107 cm³/mol. The molecule has 0 aliphatic rings. The second-order valence-corrected chi connectivity index (χ2v) is 8.95. The second kappa shape index (κ2) is 8.91. The summed E-state index contributed by atoms with van der Waals surface area (Å²) in [6.07, 6.45) is 0.342. The van der Waals surface area contributed by atoms with Crippen LogP contribution >= 0.6 is 23.4 Å². The number of halogens is 1. The highest BCUT2D eigenvalue weighted by molar-refractivity contribution is 8.14. The zero-order chi connectivity index (χ0) is 20.2. The van der Waals surface area contributed by atoms with Crippen LogP contribution in [0.1, 0.15) is 45.2 Å². The largest absolute Gasteiger partial charge is 0.480 e. The number of rotatable bonds is 6. The zero-order valence-electron chi connectivity index (χ0n) is 16.1. The van der Waals surface area contributed by atoms with Gasteiger partial charge >= 0.3 is 5.97 Å². The van der Waals surface area contributed by atoms with E-state index in [2.05, 4.69) is 0 Å². The van der Waals surface area contributed by atoms with Gasteiger partial charge < -0.3 is 5.11 Å². The quantitative estimate of drug-likeness (QED) is 0.764. The fourth-order valence-corrected chi connectivity index (χ4v) is 3.63. The van der Waals surface area contributed by atoms with E-state index in [0.29, 0.717) is 22.7 Å². The first-order valence-electron chi connectivity index (χ1n) is 8.31. The van der Waals surface area contributed by atoms with Crippen LogP contribution in [0.15, 0.2) is 12.1 Å². The van der Waals surface area contributed by atoms with Crippen LogP contribution in [-0.4, -0.2) is 33.9 Å². The Labute approximate surface area is 164 Å². The summed E-state index contributed by atoms with van der Waals surface area (Å²) in [5, 5.41) is 9.81. The second-order valence-electron chi connectivity index (χ2n) is 7.51. The molecule has 26 heavy (non-hydrogen) atoms. The zero-order valence-corrected chi connectivity index (χ0v) is 17.6. The molecule has 0 bridgehead atoms. The van der Waals surface area contributed by atoms with Gasteiger partial charge in [-0.3, -0.25) is 14.5 Å². The smallest absolute Gasteiger partial charge is 0.326 e. The molecule has 0 spiro atoms. The number of hydrogen-bond donors (Lipinski definition) is 1. The van der Waals surface area contributed by atoms with E-state index in [0.717, 1.165) is 17.3 Å². The molecule has 0 aliphatic heterocycles. The van der Waals surface area contributed by atoms with E-state index in [1.807, 2.05) is 20.8 Å². The summed E-state index contributed by atoms with van der Waals surface area (Å²) in [7, 11) is 0. The molecule has 0 saturated carbocycles. The highest BCUT2D eigenvalue weighted by atomic mass is 35.5. The van der Waals surface area contributed by atoms with Crippen LogP contribution in [0.2, 0.25) is 5.02 Å². The summed E-state index contributed by atoms with van der Waals surface area (Å²) in [6, 6.07) is 2.39. The van der Waals surface area contributed by atoms with Crippen molar-refractivity contribution in [2.75, 3.05) is 10.7 Å². The van der Waals surface area contributed by atoms with Crippen LogP contribution in [0, 0.1) is 19.3 Å². The molecule has 0 saturated heterocycles. The van der Waals surface area contributed by atoms with Crippen LogP contribution in [0.4, 0.5) is 5.69 Å². The van der Waals surface area contributed by atoms with Gasteiger partial charge in [-0.2, -0.15) is 0 Å². The van der Waals surface area contributed by atoms with Gasteiger partial charge in [-0.15, -0.1) is 0 Å². The first-order valence-corrected chi connectivity index (χ1v) is 9.67. The molecule has 1 N–H and O–H groups in total. The van der Waals surface area contributed by atoms with Crippen molar-refractivity contribution in [2.24, 2.45) is 5.41 Å². The van der Waals surface area contributed by atoms with Gasteiger partial charge in [-0.1, -0.05) is 50.2 Å². The number of hydrogen-bond acceptors (Lipinski definition) is 4. The van der Waals surface area contributed by atoms with Gasteiger partial charge in [0.05, 0.1) is 11.4 Å². The molecule has 0 heterocycles. The summed E-state index contributed by atoms with van der Waals surface area (Å²) >= 11 is 7.10. The molecule has 1 amide bonds. The molecule has 7 heteroatoms. The fraction of sp³-hybridized carbons (Fsp3) is 0.526. The van der Waals surface area contributed by atoms with E-state index < -0.39 is 17.9 Å². The van der Waals surface area contributed by atoms with Crippen molar-refractivity contribution >= 4 is 46.0 Å². The number of carbonyl (C=O) groups excluding carboxylic acids is 2. The Kier molecular flexibility index (Phi) is 7.71. The van der Waals surface area contributed by atoms with Crippen molar-refractivity contribution in [1.82, 2.24) is 0 Å². The number of carboxylic acid groups (broad SMARTS) is 1. The monoisotopic (exact) mass is 399 g/mol. The topological polar surface area (TPSA) is 74.7 Å². The lowest BCUT2D eigenvalue weighted by Gasteiger charge is -2.30. The molecule has 144 valence electrons. The van der Waals surface area contributed by atoms with Crippen molar-refractivity contribution in [3.05, 3.63) is 28.3 Å². The van der Waals surface area contributed by atoms with Gasteiger partial charge in [0.1, 0.15) is 6.04 Å². The molecular weight excluding hydrogens is 374 g/mol. The van der Waals surface area contributed by atoms with E-state index in [9.17, 15) is 19.5 Å². The molecule has 0 aromatic heterocycles. The molecule has 1 aromatic rings. The maximum atomic E-state index is 12.8. The number of benzene rings is 1. The average molecular weight is 400 g/mol. The average Bonchev–Trinajstić information content (AvgIpc) is 2.50. The molecule has 1 aromatic carbocycles. The van der Waals surface area contributed by atoms with Gasteiger partial charge in [0, 0.05) is 11.4 Å². The highest BCUT2D eigenvalue weighted by Crippen LogP contribution is 2.32. The van der Waals surface area contributed by atoms with Crippen LogP contribution in [0.3, 0.4) is 0 Å². The van der Waals surface area contributed by atoms with Crippen LogP contribution in [0.5, 0.6) is 0 Å². The number of carboxylic acids is 1. The lowest BCUT2D eigenvalue weighted by atomic mass is 9.93. The SMILES string of the molecule is Cc1ccc(Cl)c(C)c1N(C(=O)CSC(=O)CC(C)(C)C)[C@@H](C)C(=O)O. The van der Waals surface area contributed by atoms with Gasteiger partial charge in [-0.05, 0) is 43.4 Å². The molecule has 1 atom stereocenters. The number of nitrogens with zero attached hydrogens (tertiary/aromatic N) is 1. The minimum atomic E-state index is -1.12. The van der Waals surface area contributed by atoms with Crippen molar-refractivity contribution in [3.8, 4) is 0 Å². The Balaban J connectivity index is 3.13. The molecule has 0 radical (unpaired) electrons. The van der Waals surface area contributed by atoms with Crippen molar-refractivity contribution in [1.29, 1.82) is 0 Å². The molecule has 1 rings (SSSR count). The normalized spacial score (nSPS) is 12.6. The molecule has 0 aliphatic carbocycles. The lowest BCUT2D eigenvalue weighted by Crippen LogP contribution is -2.45. The third-order valence-corrected chi connectivity index (χ3v) is 5.12. The summed E-state index contributed by atoms with van der Waals surface area (Å²) in [5.74, 6) is -1.67. The Morgan fingerprint density at radius 1 is 1.23 bits per heavy atom. The number of carbonyl (C=O) groups is 3. The van der Waals surface area contributed by atoms with Crippen LogP contribution < -0.4 is 4.90 Å². The Morgan fingerprint density at radius 3 is 2.31 bits per heavy atom. The van der Waals surface area contributed by atoms with Crippen LogP contribution in [0.25, 0.3) is 0 Å². The minimum Gasteiger partial charge on any atom is -0.480 e.